The number of carboxylic acid groups (broad SMARTS) is 1. The van der Waals surface area contributed by atoms with E-state index in [1.807, 2.05) is 0 Å². The maximum Gasteiger partial charge on any atom is 0.303 e. The van der Waals surface area contributed by atoms with Gasteiger partial charge in [0.2, 0.25) is 0 Å². The van der Waals surface area contributed by atoms with Crippen LogP contribution in [0.5, 0.6) is 0 Å². The fourth-order valence-electron chi connectivity index (χ4n) is 0.308. The molecule has 0 rings (SSSR count). The standard InChI is InChI=1S/C6H9O2/c1-3-5(2)4-6(7)8/h3,5H,1-2,4H2,(H,7,8). The van der Waals surface area contributed by atoms with Gasteiger partial charge in [-0.05, 0) is 12.8 Å². The highest BCUT2D eigenvalue weighted by Gasteiger charge is 2.00. The average molecular weight is 113 g/mol. The first-order chi connectivity index (χ1) is 3.66. The number of allylic oxidation sites excluding steroid dienone is 1. The van der Waals surface area contributed by atoms with Crippen molar-refractivity contribution < 1.29 is 9.90 Å². The number of rotatable bonds is 3. The van der Waals surface area contributed by atoms with Crippen LogP contribution < -0.4 is 0 Å². The summed E-state index contributed by atoms with van der Waals surface area (Å²) in [7, 11) is 0. The number of carbonyl (C=O) groups is 1. The molecule has 2 nitrogen and oxygen atoms in total. The molecule has 45 valence electrons. The van der Waals surface area contributed by atoms with Crippen LogP contribution in [0, 0.1) is 12.8 Å². The Morgan fingerprint density at radius 2 is 2.38 bits per heavy atom. The zero-order chi connectivity index (χ0) is 6.57. The molecule has 0 amide bonds. The Kier molecular flexibility index (Phi) is 2.92. The molecule has 1 N–H and O–H groups in total. The predicted molar refractivity (Wildman–Crippen MR) is 31.3 cm³/mol. The molecule has 0 aromatic carbocycles. The van der Waals surface area contributed by atoms with Gasteiger partial charge < -0.3 is 5.11 Å². The largest absolute Gasteiger partial charge is 0.481 e. The quantitative estimate of drug-likeness (QED) is 0.556. The van der Waals surface area contributed by atoms with E-state index >= 15 is 0 Å². The van der Waals surface area contributed by atoms with Crippen molar-refractivity contribution in [3.05, 3.63) is 19.6 Å². The van der Waals surface area contributed by atoms with Gasteiger partial charge in [0.05, 0.1) is 6.42 Å². The minimum Gasteiger partial charge on any atom is -0.481 e. The Bertz CT molecular complexity index is 96.7. The van der Waals surface area contributed by atoms with E-state index in [0.29, 0.717) is 0 Å². The third-order valence-corrected chi connectivity index (χ3v) is 0.770. The normalized spacial score (nSPS) is 12.6. The van der Waals surface area contributed by atoms with Crippen molar-refractivity contribution in [1.29, 1.82) is 0 Å². The van der Waals surface area contributed by atoms with Gasteiger partial charge in [-0.3, -0.25) is 4.79 Å². The van der Waals surface area contributed by atoms with Gasteiger partial charge in [0.25, 0.3) is 0 Å². The molecule has 1 atom stereocenters. The Morgan fingerprint density at radius 3 is 2.50 bits per heavy atom. The van der Waals surface area contributed by atoms with Gasteiger partial charge in [0.1, 0.15) is 0 Å². The molecule has 0 aliphatic carbocycles. The van der Waals surface area contributed by atoms with Gasteiger partial charge in [-0.2, -0.15) is 0 Å². The van der Waals surface area contributed by atoms with E-state index in [9.17, 15) is 4.79 Å². The van der Waals surface area contributed by atoms with Crippen LogP contribution in [0.2, 0.25) is 0 Å². The van der Waals surface area contributed by atoms with Gasteiger partial charge in [0.15, 0.2) is 0 Å². The summed E-state index contributed by atoms with van der Waals surface area (Å²) < 4.78 is 0. The first kappa shape index (κ1) is 7.21. The molecule has 1 radical (unpaired) electrons. The second-order valence-electron chi connectivity index (χ2n) is 1.59. The summed E-state index contributed by atoms with van der Waals surface area (Å²) in [5.74, 6) is -0.989. The average Bonchev–Trinajstić information content (AvgIpc) is 1.65. The predicted octanol–water partition coefficient (Wildman–Crippen LogP) is 1.10. The van der Waals surface area contributed by atoms with Crippen LogP contribution in [-0.4, -0.2) is 11.1 Å². The summed E-state index contributed by atoms with van der Waals surface area (Å²) in [5, 5.41) is 8.13. The maximum atomic E-state index is 9.88. The lowest BCUT2D eigenvalue weighted by Gasteiger charge is -1.96. The van der Waals surface area contributed by atoms with Crippen LogP contribution in [0.4, 0.5) is 0 Å². The molecule has 0 fully saturated rings. The minimum absolute atomic E-state index is 0.0729. The fraction of sp³-hybridized carbons (Fsp3) is 0.333. The third-order valence-electron chi connectivity index (χ3n) is 0.770. The van der Waals surface area contributed by atoms with Crippen LogP contribution in [0.3, 0.4) is 0 Å². The molecule has 0 spiro atoms. The van der Waals surface area contributed by atoms with Gasteiger partial charge in [0, 0.05) is 0 Å². The minimum atomic E-state index is -0.829. The SMILES string of the molecule is [CH2]C(C=C)CC(=O)O. The van der Waals surface area contributed by atoms with Gasteiger partial charge in [-0.25, -0.2) is 0 Å². The summed E-state index contributed by atoms with van der Waals surface area (Å²) in [5.41, 5.74) is 0. The van der Waals surface area contributed by atoms with Crippen LogP contribution in [0.25, 0.3) is 0 Å². The lowest BCUT2D eigenvalue weighted by Crippen LogP contribution is -2.00. The number of hydrogen-bond acceptors (Lipinski definition) is 1. The molecule has 0 aromatic rings. The number of aliphatic carboxylic acids is 1. The number of carboxylic acids is 1. The summed E-state index contributed by atoms with van der Waals surface area (Å²) in [6, 6.07) is 0. The molecule has 2 heteroatoms. The highest BCUT2D eigenvalue weighted by molar-refractivity contribution is 5.67. The molecular weight excluding hydrogens is 104 g/mol. The molecule has 0 saturated heterocycles. The highest BCUT2D eigenvalue weighted by Crippen LogP contribution is 1.99. The van der Waals surface area contributed by atoms with Crippen LogP contribution in [-0.2, 0) is 4.79 Å². The lowest BCUT2D eigenvalue weighted by molar-refractivity contribution is -0.137. The van der Waals surface area contributed by atoms with Crippen LogP contribution in [0.1, 0.15) is 6.42 Å². The van der Waals surface area contributed by atoms with Crippen LogP contribution >= 0.6 is 0 Å². The Morgan fingerprint density at radius 1 is 1.88 bits per heavy atom. The fourth-order valence-corrected chi connectivity index (χ4v) is 0.308. The van der Waals surface area contributed by atoms with Gasteiger partial charge in [-0.1, -0.05) is 6.08 Å². The molecular formula is C6H9O2. The van der Waals surface area contributed by atoms with Gasteiger partial charge >= 0.3 is 5.97 Å². The van der Waals surface area contributed by atoms with Crippen molar-refractivity contribution in [2.75, 3.05) is 0 Å². The van der Waals surface area contributed by atoms with E-state index < -0.39 is 5.97 Å². The Balaban J connectivity index is 3.38. The van der Waals surface area contributed by atoms with E-state index in [0.717, 1.165) is 0 Å². The second kappa shape index (κ2) is 3.24. The number of hydrogen-bond donors (Lipinski definition) is 1. The van der Waals surface area contributed by atoms with Crippen molar-refractivity contribution in [3.63, 3.8) is 0 Å². The van der Waals surface area contributed by atoms with E-state index in [1.54, 1.807) is 0 Å². The maximum absolute atomic E-state index is 9.88. The first-order valence-corrected chi connectivity index (χ1v) is 2.34. The summed E-state index contributed by atoms with van der Waals surface area (Å²) in [6.45, 7) is 6.89. The molecule has 0 heterocycles. The molecule has 1 unspecified atom stereocenters. The van der Waals surface area contributed by atoms with E-state index in [1.165, 1.54) is 6.08 Å². The monoisotopic (exact) mass is 113 g/mol. The first-order valence-electron chi connectivity index (χ1n) is 2.34. The molecule has 0 aliphatic rings. The van der Waals surface area contributed by atoms with E-state index in [-0.39, 0.29) is 12.3 Å². The zero-order valence-electron chi connectivity index (χ0n) is 4.63. The second-order valence-corrected chi connectivity index (χ2v) is 1.59. The van der Waals surface area contributed by atoms with Crippen molar-refractivity contribution in [2.24, 2.45) is 5.92 Å². The van der Waals surface area contributed by atoms with Crippen molar-refractivity contribution in [2.45, 2.75) is 6.42 Å². The van der Waals surface area contributed by atoms with Crippen molar-refractivity contribution >= 4 is 5.97 Å². The summed E-state index contributed by atoms with van der Waals surface area (Å²) in [4.78, 5) is 9.88. The molecule has 8 heavy (non-hydrogen) atoms. The van der Waals surface area contributed by atoms with Crippen LogP contribution in [0.15, 0.2) is 12.7 Å². The summed E-state index contributed by atoms with van der Waals surface area (Å²) in [6.07, 6.45) is 1.59. The van der Waals surface area contributed by atoms with E-state index in [4.69, 9.17) is 5.11 Å². The molecule has 0 aromatic heterocycles. The lowest BCUT2D eigenvalue weighted by atomic mass is 10.1. The molecule has 0 bridgehead atoms. The third kappa shape index (κ3) is 3.40. The van der Waals surface area contributed by atoms with Gasteiger partial charge in [-0.15, -0.1) is 6.58 Å². The smallest absolute Gasteiger partial charge is 0.303 e. The molecule has 0 aliphatic heterocycles. The summed E-state index contributed by atoms with van der Waals surface area (Å²) >= 11 is 0. The Hall–Kier alpha value is -0.790. The Labute approximate surface area is 48.8 Å². The topological polar surface area (TPSA) is 37.3 Å². The van der Waals surface area contributed by atoms with Crippen molar-refractivity contribution in [1.82, 2.24) is 0 Å². The highest BCUT2D eigenvalue weighted by atomic mass is 16.4. The molecule has 0 saturated carbocycles. The van der Waals surface area contributed by atoms with E-state index in [2.05, 4.69) is 13.5 Å². The van der Waals surface area contributed by atoms with Crippen molar-refractivity contribution in [3.8, 4) is 0 Å². The zero-order valence-corrected chi connectivity index (χ0v) is 4.63.